The van der Waals surface area contributed by atoms with Crippen LogP contribution in [0.15, 0.2) is 64.9 Å². The Morgan fingerprint density at radius 1 is 1.09 bits per heavy atom. The van der Waals surface area contributed by atoms with Crippen molar-refractivity contribution in [2.75, 3.05) is 23.3 Å². The molecule has 0 bridgehead atoms. The Hall–Kier alpha value is -3.68. The maximum absolute atomic E-state index is 12.8. The number of esters is 1. The Morgan fingerprint density at radius 2 is 1.75 bits per heavy atom. The zero-order chi connectivity index (χ0) is 23.3. The minimum absolute atomic E-state index is 0.158. The van der Waals surface area contributed by atoms with E-state index < -0.39 is 28.5 Å². The Labute approximate surface area is 189 Å². The van der Waals surface area contributed by atoms with Gasteiger partial charge in [-0.2, -0.15) is 5.26 Å². The lowest BCUT2D eigenvalue weighted by Crippen LogP contribution is -2.26. The molecule has 0 saturated carbocycles. The summed E-state index contributed by atoms with van der Waals surface area (Å²) in [5.41, 5.74) is 1.80. The summed E-state index contributed by atoms with van der Waals surface area (Å²) in [4.78, 5) is 24.3. The second-order valence-corrected chi connectivity index (χ2v) is 9.62. The van der Waals surface area contributed by atoms with Gasteiger partial charge in [0.15, 0.2) is 6.61 Å². The van der Waals surface area contributed by atoms with Gasteiger partial charge in [0.25, 0.3) is 15.9 Å². The van der Waals surface area contributed by atoms with Crippen molar-refractivity contribution in [2.45, 2.75) is 11.8 Å². The maximum atomic E-state index is 12.8. The van der Waals surface area contributed by atoms with Crippen LogP contribution in [0.2, 0.25) is 0 Å². The van der Waals surface area contributed by atoms with E-state index >= 15 is 0 Å². The lowest BCUT2D eigenvalue weighted by molar-refractivity contribution is -0.119. The third-order valence-electron chi connectivity index (χ3n) is 4.52. The number of aryl methyl sites for hydroxylation is 1. The van der Waals surface area contributed by atoms with Gasteiger partial charge in [0, 0.05) is 7.05 Å². The van der Waals surface area contributed by atoms with Crippen molar-refractivity contribution in [3.8, 4) is 6.07 Å². The highest BCUT2D eigenvalue weighted by Crippen LogP contribution is 2.23. The molecule has 0 aliphatic carbocycles. The Kier molecular flexibility index (Phi) is 6.92. The number of anilines is 2. The molecular weight excluding hydrogens is 450 g/mol. The van der Waals surface area contributed by atoms with Gasteiger partial charge in [0.05, 0.1) is 21.7 Å². The number of rotatable bonds is 7. The van der Waals surface area contributed by atoms with Gasteiger partial charge in [0.1, 0.15) is 11.1 Å². The molecule has 1 aromatic heterocycles. The summed E-state index contributed by atoms with van der Waals surface area (Å²) in [6, 6.07) is 15.8. The third kappa shape index (κ3) is 5.14. The van der Waals surface area contributed by atoms with Crippen LogP contribution >= 0.6 is 11.3 Å². The highest BCUT2D eigenvalue weighted by molar-refractivity contribution is 7.92. The van der Waals surface area contributed by atoms with E-state index in [2.05, 4.69) is 5.32 Å². The average molecular weight is 470 g/mol. The summed E-state index contributed by atoms with van der Waals surface area (Å²) in [6.07, 6.45) is 0. The number of benzene rings is 2. The monoisotopic (exact) mass is 469 g/mol. The van der Waals surface area contributed by atoms with Crippen LogP contribution < -0.4 is 9.62 Å². The van der Waals surface area contributed by atoms with Crippen molar-refractivity contribution in [3.63, 3.8) is 0 Å². The molecule has 1 heterocycles. The van der Waals surface area contributed by atoms with Crippen LogP contribution in [0.5, 0.6) is 0 Å². The standard InChI is InChI=1S/C22H19N3O5S2/c1-15-3-9-19(10-4-15)32(28,29)25(2)18-7-5-16(6-8-18)22(27)30-14-20(26)24-21-17(13-23)11-12-31-21/h3-12H,14H2,1-2H3,(H,24,26). The first-order valence-corrected chi connectivity index (χ1v) is 11.6. The molecule has 32 heavy (non-hydrogen) atoms. The molecule has 1 amide bonds. The molecule has 0 aliphatic heterocycles. The van der Waals surface area contributed by atoms with Crippen molar-refractivity contribution in [2.24, 2.45) is 0 Å². The molecule has 1 N–H and O–H groups in total. The Balaban J connectivity index is 1.62. The van der Waals surface area contributed by atoms with Crippen molar-refractivity contribution in [3.05, 3.63) is 76.7 Å². The fraction of sp³-hybridized carbons (Fsp3) is 0.136. The fourth-order valence-corrected chi connectivity index (χ4v) is 4.63. The van der Waals surface area contributed by atoms with Gasteiger partial charge in [-0.1, -0.05) is 17.7 Å². The van der Waals surface area contributed by atoms with E-state index in [1.165, 1.54) is 54.8 Å². The summed E-state index contributed by atoms with van der Waals surface area (Å²) < 4.78 is 31.7. The number of ether oxygens (including phenoxy) is 1. The van der Waals surface area contributed by atoms with Crippen molar-refractivity contribution < 1.29 is 22.7 Å². The number of nitriles is 1. The molecule has 0 unspecified atom stereocenters. The fourth-order valence-electron chi connectivity index (χ4n) is 2.69. The highest BCUT2D eigenvalue weighted by Gasteiger charge is 2.21. The largest absolute Gasteiger partial charge is 0.452 e. The van der Waals surface area contributed by atoms with Crippen molar-refractivity contribution >= 4 is 43.9 Å². The van der Waals surface area contributed by atoms with Gasteiger partial charge < -0.3 is 10.1 Å². The molecule has 10 heteroatoms. The van der Waals surface area contributed by atoms with E-state index in [1.54, 1.807) is 23.6 Å². The number of nitrogens with zero attached hydrogens (tertiary/aromatic N) is 2. The van der Waals surface area contributed by atoms with Gasteiger partial charge in [-0.3, -0.25) is 9.10 Å². The van der Waals surface area contributed by atoms with Crippen LogP contribution in [-0.2, 0) is 19.6 Å². The lowest BCUT2D eigenvalue weighted by Gasteiger charge is -2.19. The summed E-state index contributed by atoms with van der Waals surface area (Å²) in [5, 5.41) is 13.5. The van der Waals surface area contributed by atoms with E-state index in [9.17, 15) is 18.0 Å². The molecule has 0 radical (unpaired) electrons. The molecule has 0 atom stereocenters. The maximum Gasteiger partial charge on any atom is 0.338 e. The van der Waals surface area contributed by atoms with Gasteiger partial charge in [0.2, 0.25) is 0 Å². The van der Waals surface area contributed by atoms with Crippen molar-refractivity contribution in [1.29, 1.82) is 5.26 Å². The number of amides is 1. The van der Waals surface area contributed by atoms with Gasteiger partial charge in [-0.25, -0.2) is 13.2 Å². The lowest BCUT2D eigenvalue weighted by atomic mass is 10.2. The van der Waals surface area contributed by atoms with Crippen LogP contribution in [-0.4, -0.2) is 33.9 Å². The van der Waals surface area contributed by atoms with E-state index in [0.29, 0.717) is 16.3 Å². The first-order valence-electron chi connectivity index (χ1n) is 9.32. The first kappa shape index (κ1) is 23.0. The van der Waals surface area contributed by atoms with Crippen LogP contribution in [0.1, 0.15) is 21.5 Å². The van der Waals surface area contributed by atoms with Gasteiger partial charge in [-0.15, -0.1) is 11.3 Å². The molecule has 3 aromatic rings. The second kappa shape index (κ2) is 9.64. The quantitative estimate of drug-likeness (QED) is 0.529. The van der Waals surface area contributed by atoms with Crippen LogP contribution in [0.3, 0.4) is 0 Å². The molecule has 0 spiro atoms. The zero-order valence-corrected chi connectivity index (χ0v) is 18.9. The summed E-state index contributed by atoms with van der Waals surface area (Å²) in [7, 11) is -2.33. The highest BCUT2D eigenvalue weighted by atomic mass is 32.2. The number of carbonyl (C=O) groups excluding carboxylic acids is 2. The van der Waals surface area contributed by atoms with E-state index in [4.69, 9.17) is 10.00 Å². The summed E-state index contributed by atoms with van der Waals surface area (Å²) >= 11 is 1.19. The van der Waals surface area contributed by atoms with E-state index in [-0.39, 0.29) is 10.5 Å². The molecule has 0 saturated heterocycles. The Morgan fingerprint density at radius 3 is 2.38 bits per heavy atom. The van der Waals surface area contributed by atoms with Crippen LogP contribution in [0.25, 0.3) is 0 Å². The smallest absolute Gasteiger partial charge is 0.338 e. The number of sulfonamides is 1. The summed E-state index contributed by atoms with van der Waals surface area (Å²) in [6.45, 7) is 1.35. The topological polar surface area (TPSA) is 117 Å². The minimum Gasteiger partial charge on any atom is -0.452 e. The molecule has 3 rings (SSSR count). The summed E-state index contributed by atoms with van der Waals surface area (Å²) in [5.74, 6) is -1.31. The molecule has 8 nitrogen and oxygen atoms in total. The van der Waals surface area contributed by atoms with Gasteiger partial charge in [-0.05, 0) is 54.8 Å². The van der Waals surface area contributed by atoms with E-state index in [1.807, 2.05) is 13.0 Å². The van der Waals surface area contributed by atoms with Crippen molar-refractivity contribution in [1.82, 2.24) is 0 Å². The number of nitrogens with one attached hydrogen (secondary N) is 1. The van der Waals surface area contributed by atoms with E-state index in [0.717, 1.165) is 9.87 Å². The molecular formula is C22H19N3O5S2. The predicted molar refractivity (Wildman–Crippen MR) is 121 cm³/mol. The average Bonchev–Trinajstić information content (AvgIpc) is 3.24. The zero-order valence-electron chi connectivity index (χ0n) is 17.2. The second-order valence-electron chi connectivity index (χ2n) is 6.73. The minimum atomic E-state index is -3.75. The number of carbonyl (C=O) groups is 2. The molecule has 0 aliphatic rings. The molecule has 164 valence electrons. The number of thiophene rings is 1. The molecule has 0 fully saturated rings. The van der Waals surface area contributed by atoms with Crippen LogP contribution in [0.4, 0.5) is 10.7 Å². The molecule has 2 aromatic carbocycles. The Bertz CT molecular complexity index is 1270. The normalized spacial score (nSPS) is 10.8. The van der Waals surface area contributed by atoms with Gasteiger partial charge >= 0.3 is 5.97 Å². The number of hydrogen-bond donors (Lipinski definition) is 1. The predicted octanol–water partition coefficient (Wildman–Crippen LogP) is 3.55. The number of hydrogen-bond acceptors (Lipinski definition) is 7. The van der Waals surface area contributed by atoms with Crippen LogP contribution in [0, 0.1) is 18.3 Å². The third-order valence-corrected chi connectivity index (χ3v) is 7.15. The first-order chi connectivity index (χ1) is 15.2. The SMILES string of the molecule is Cc1ccc(S(=O)(=O)N(C)c2ccc(C(=O)OCC(=O)Nc3sccc3C#N)cc2)cc1.